The molecule has 1 aromatic carbocycles. The summed E-state index contributed by atoms with van der Waals surface area (Å²) in [5.74, 6) is 0.0657. The van der Waals surface area contributed by atoms with Crippen molar-refractivity contribution in [3.63, 3.8) is 0 Å². The molecule has 1 amide bonds. The fourth-order valence-corrected chi connectivity index (χ4v) is 5.54. The van der Waals surface area contributed by atoms with Crippen LogP contribution in [0.4, 0.5) is 0 Å². The molecule has 0 saturated carbocycles. The Hall–Kier alpha value is -1.66. The number of thiophene rings is 2. The second-order valence-electron chi connectivity index (χ2n) is 6.62. The van der Waals surface area contributed by atoms with Crippen molar-refractivity contribution < 1.29 is 4.79 Å². The Balaban J connectivity index is 1.38. The lowest BCUT2D eigenvalue weighted by Crippen LogP contribution is -2.37. The van der Waals surface area contributed by atoms with Crippen LogP contribution >= 0.6 is 34.3 Å². The van der Waals surface area contributed by atoms with Crippen molar-refractivity contribution in [1.82, 2.24) is 10.2 Å². The first kappa shape index (κ1) is 18.7. The number of nitrogens with zero attached hydrogens (tertiary/aromatic N) is 1. The average Bonchev–Trinajstić information content (AvgIpc) is 3.37. The van der Waals surface area contributed by atoms with Crippen LogP contribution < -0.4 is 5.32 Å². The number of fused-ring (bicyclic) bond motifs is 1. The fraction of sp³-hybridized carbons (Fsp3) is 0.286. The van der Waals surface area contributed by atoms with Crippen molar-refractivity contribution >= 4 is 40.2 Å². The number of carbonyl (C=O) groups excluding carboxylic acids is 1. The summed E-state index contributed by atoms with van der Waals surface area (Å²) in [7, 11) is 0. The molecule has 2 aromatic heterocycles. The van der Waals surface area contributed by atoms with Crippen molar-refractivity contribution in [2.24, 2.45) is 0 Å². The minimum atomic E-state index is 0.0657. The van der Waals surface area contributed by atoms with Gasteiger partial charge < -0.3 is 5.32 Å². The zero-order chi connectivity index (χ0) is 18.6. The number of hydrogen-bond donors (Lipinski definition) is 1. The van der Waals surface area contributed by atoms with Gasteiger partial charge in [0.2, 0.25) is 5.91 Å². The summed E-state index contributed by atoms with van der Waals surface area (Å²) in [4.78, 5) is 17.7. The minimum absolute atomic E-state index is 0.0657. The Morgan fingerprint density at radius 3 is 2.85 bits per heavy atom. The van der Waals surface area contributed by atoms with Crippen LogP contribution in [0.1, 0.15) is 33.3 Å². The highest BCUT2D eigenvalue weighted by Gasteiger charge is 2.30. The zero-order valence-electron chi connectivity index (χ0n) is 14.9. The molecule has 0 saturated heterocycles. The van der Waals surface area contributed by atoms with E-state index in [9.17, 15) is 4.79 Å². The predicted octanol–water partition coefficient (Wildman–Crippen LogP) is 5.12. The van der Waals surface area contributed by atoms with E-state index in [0.29, 0.717) is 18.0 Å². The van der Waals surface area contributed by atoms with Gasteiger partial charge in [0.1, 0.15) is 0 Å². The van der Waals surface area contributed by atoms with E-state index in [1.807, 2.05) is 35.6 Å². The molecule has 0 fully saturated rings. The summed E-state index contributed by atoms with van der Waals surface area (Å²) < 4.78 is 0. The number of rotatable bonds is 6. The van der Waals surface area contributed by atoms with E-state index in [-0.39, 0.29) is 11.9 Å². The summed E-state index contributed by atoms with van der Waals surface area (Å²) in [6.07, 6.45) is 1.56. The highest BCUT2D eigenvalue weighted by atomic mass is 35.5. The van der Waals surface area contributed by atoms with Crippen molar-refractivity contribution in [2.45, 2.75) is 25.4 Å². The van der Waals surface area contributed by atoms with Gasteiger partial charge in [-0.1, -0.05) is 35.9 Å². The molecule has 0 radical (unpaired) electrons. The number of benzene rings is 1. The minimum Gasteiger partial charge on any atom is -0.352 e. The van der Waals surface area contributed by atoms with Crippen molar-refractivity contribution in [1.29, 1.82) is 0 Å². The smallest absolute Gasteiger partial charge is 0.221 e. The summed E-state index contributed by atoms with van der Waals surface area (Å²) in [5, 5.41) is 8.00. The first-order valence-electron chi connectivity index (χ1n) is 9.06. The Labute approximate surface area is 172 Å². The van der Waals surface area contributed by atoms with Gasteiger partial charge in [0.05, 0.1) is 6.04 Å². The third kappa shape index (κ3) is 4.27. The highest BCUT2D eigenvalue weighted by molar-refractivity contribution is 7.10. The number of amides is 1. The molecule has 1 aliphatic heterocycles. The third-order valence-corrected chi connectivity index (χ3v) is 7.23. The van der Waals surface area contributed by atoms with Crippen LogP contribution in [-0.4, -0.2) is 23.9 Å². The Morgan fingerprint density at radius 2 is 2.04 bits per heavy atom. The van der Waals surface area contributed by atoms with E-state index in [4.69, 9.17) is 11.6 Å². The Morgan fingerprint density at radius 1 is 1.15 bits per heavy atom. The number of hydrogen-bond acceptors (Lipinski definition) is 4. The fourth-order valence-electron chi connectivity index (χ4n) is 3.56. The van der Waals surface area contributed by atoms with Gasteiger partial charge >= 0.3 is 0 Å². The lowest BCUT2D eigenvalue weighted by molar-refractivity contribution is -0.121. The lowest BCUT2D eigenvalue weighted by atomic mass is 9.98. The van der Waals surface area contributed by atoms with Crippen LogP contribution in [-0.2, 0) is 17.8 Å². The van der Waals surface area contributed by atoms with E-state index in [0.717, 1.165) is 25.1 Å². The molecule has 140 valence electrons. The quantitative estimate of drug-likeness (QED) is 0.605. The van der Waals surface area contributed by atoms with Gasteiger partial charge in [-0.25, -0.2) is 0 Å². The van der Waals surface area contributed by atoms with E-state index in [1.54, 1.807) is 11.3 Å². The van der Waals surface area contributed by atoms with Crippen LogP contribution in [0.2, 0.25) is 5.02 Å². The predicted molar refractivity (Wildman–Crippen MR) is 114 cm³/mol. The molecular formula is C21H21ClN2OS2. The number of halogens is 1. The van der Waals surface area contributed by atoms with Gasteiger partial charge in [-0.05, 0) is 46.5 Å². The standard InChI is InChI=1S/C21H21ClN2OS2/c22-17-5-2-1-4-15(17)14-23-20(25)8-11-24-10-7-18-16(9-13-27-18)21(24)19-6-3-12-26-19/h1-6,9,12-13,21H,7-8,10-11,14H2,(H,23,25). The van der Waals surface area contributed by atoms with Crippen molar-refractivity contribution in [3.8, 4) is 0 Å². The number of nitrogens with one attached hydrogen (secondary N) is 1. The van der Waals surface area contributed by atoms with Crippen LogP contribution in [0.15, 0.2) is 53.2 Å². The molecule has 0 aliphatic carbocycles. The third-order valence-electron chi connectivity index (χ3n) is 4.94. The molecule has 0 bridgehead atoms. The topological polar surface area (TPSA) is 32.3 Å². The lowest BCUT2D eigenvalue weighted by Gasteiger charge is -2.35. The average molecular weight is 417 g/mol. The van der Waals surface area contributed by atoms with E-state index in [2.05, 4.69) is 39.2 Å². The maximum atomic E-state index is 12.4. The molecule has 1 aliphatic rings. The van der Waals surface area contributed by atoms with Crippen LogP contribution in [0.3, 0.4) is 0 Å². The van der Waals surface area contributed by atoms with Gasteiger partial charge in [-0.2, -0.15) is 0 Å². The van der Waals surface area contributed by atoms with E-state index >= 15 is 0 Å². The summed E-state index contributed by atoms with van der Waals surface area (Å²) in [6, 6.07) is 14.4. The molecule has 6 heteroatoms. The summed E-state index contributed by atoms with van der Waals surface area (Å²) in [5.41, 5.74) is 2.36. The van der Waals surface area contributed by atoms with Crippen molar-refractivity contribution in [2.75, 3.05) is 13.1 Å². The molecule has 0 spiro atoms. The molecule has 27 heavy (non-hydrogen) atoms. The largest absolute Gasteiger partial charge is 0.352 e. The Bertz CT molecular complexity index is 907. The van der Waals surface area contributed by atoms with Crippen LogP contribution in [0, 0.1) is 0 Å². The molecule has 1 atom stereocenters. The van der Waals surface area contributed by atoms with E-state index in [1.165, 1.54) is 15.3 Å². The van der Waals surface area contributed by atoms with Crippen molar-refractivity contribution in [3.05, 3.63) is 79.1 Å². The Kier molecular flexibility index (Phi) is 5.93. The molecule has 4 rings (SSSR count). The summed E-state index contributed by atoms with van der Waals surface area (Å²) >= 11 is 9.80. The molecule has 1 unspecified atom stereocenters. The second kappa shape index (κ2) is 8.57. The molecule has 1 N–H and O–H groups in total. The molecular weight excluding hydrogens is 396 g/mol. The molecule has 3 aromatic rings. The maximum Gasteiger partial charge on any atom is 0.221 e. The van der Waals surface area contributed by atoms with E-state index < -0.39 is 0 Å². The maximum absolute atomic E-state index is 12.4. The van der Waals surface area contributed by atoms with Crippen LogP contribution in [0.5, 0.6) is 0 Å². The zero-order valence-corrected chi connectivity index (χ0v) is 17.2. The highest BCUT2D eigenvalue weighted by Crippen LogP contribution is 2.39. The SMILES string of the molecule is O=C(CCN1CCc2sccc2C1c1cccs1)NCc1ccccc1Cl. The molecule has 3 nitrogen and oxygen atoms in total. The first-order valence-corrected chi connectivity index (χ1v) is 11.2. The van der Waals surface area contributed by atoms with Gasteiger partial charge in [-0.15, -0.1) is 22.7 Å². The normalized spacial score (nSPS) is 16.9. The van der Waals surface area contributed by atoms with Gasteiger partial charge in [0.25, 0.3) is 0 Å². The first-order chi connectivity index (χ1) is 13.2. The van der Waals surface area contributed by atoms with Crippen LogP contribution in [0.25, 0.3) is 0 Å². The summed E-state index contributed by atoms with van der Waals surface area (Å²) in [6.45, 7) is 2.22. The number of carbonyl (C=O) groups is 1. The van der Waals surface area contributed by atoms with Gasteiger partial charge in [0, 0.05) is 40.8 Å². The van der Waals surface area contributed by atoms with Gasteiger partial charge in [0.15, 0.2) is 0 Å². The molecule has 3 heterocycles. The monoisotopic (exact) mass is 416 g/mol. The van der Waals surface area contributed by atoms with Gasteiger partial charge in [-0.3, -0.25) is 9.69 Å². The second-order valence-corrected chi connectivity index (χ2v) is 9.01.